The van der Waals surface area contributed by atoms with E-state index in [1.807, 2.05) is 32.8 Å². The van der Waals surface area contributed by atoms with Gasteiger partial charge in [-0.05, 0) is 32.9 Å². The van der Waals surface area contributed by atoms with Crippen molar-refractivity contribution in [1.82, 2.24) is 15.1 Å². The molecule has 2 amide bonds. The Bertz CT molecular complexity index is 640. The Hall–Kier alpha value is -1.51. The van der Waals surface area contributed by atoms with Gasteiger partial charge in [0, 0.05) is 32.7 Å². The van der Waals surface area contributed by atoms with Crippen molar-refractivity contribution in [3.05, 3.63) is 0 Å². The smallest absolute Gasteiger partial charge is 0.225 e. The highest BCUT2D eigenvalue weighted by Gasteiger charge is 2.41. The molecule has 1 saturated heterocycles. The number of carbonyl (C=O) groups excluding carboxylic acids is 3. The Morgan fingerprint density at radius 2 is 1.73 bits per heavy atom. The number of methoxy groups -OCH3 is 2. The predicted molar refractivity (Wildman–Crippen MR) is 130 cm³/mol. The lowest BCUT2D eigenvalue weighted by Crippen LogP contribution is -2.52. The van der Waals surface area contributed by atoms with Gasteiger partial charge in [-0.3, -0.25) is 14.4 Å². The first-order valence-electron chi connectivity index (χ1n) is 12.3. The molecule has 192 valence electrons. The van der Waals surface area contributed by atoms with Crippen molar-refractivity contribution in [1.29, 1.82) is 0 Å². The first-order chi connectivity index (χ1) is 15.5. The van der Waals surface area contributed by atoms with Crippen LogP contribution in [0, 0.1) is 17.8 Å². The molecule has 0 aromatic heterocycles. The lowest BCUT2D eigenvalue weighted by molar-refractivity contribution is -0.143. The summed E-state index contributed by atoms with van der Waals surface area (Å²) in [5.41, 5.74) is 0. The molecule has 0 aromatic carbocycles. The number of carbonyl (C=O) groups is 3. The van der Waals surface area contributed by atoms with E-state index in [4.69, 9.17) is 9.47 Å². The van der Waals surface area contributed by atoms with E-state index in [0.717, 1.165) is 19.3 Å². The van der Waals surface area contributed by atoms with Gasteiger partial charge in [0.1, 0.15) is 0 Å². The number of amides is 2. The highest BCUT2D eigenvalue weighted by molar-refractivity contribution is 5.88. The monoisotopic (exact) mass is 469 g/mol. The third-order valence-electron chi connectivity index (χ3n) is 7.14. The summed E-state index contributed by atoms with van der Waals surface area (Å²) in [6.45, 7) is 10.4. The second-order valence-electron chi connectivity index (χ2n) is 9.94. The Morgan fingerprint density at radius 1 is 1.09 bits per heavy atom. The minimum atomic E-state index is -0.485. The molecule has 6 unspecified atom stereocenters. The number of ketones is 1. The number of rotatable bonds is 14. The van der Waals surface area contributed by atoms with Crippen LogP contribution in [-0.4, -0.2) is 93.1 Å². The first-order valence-corrected chi connectivity index (χ1v) is 12.3. The third-order valence-corrected chi connectivity index (χ3v) is 7.14. The van der Waals surface area contributed by atoms with E-state index < -0.39 is 12.0 Å². The predicted octanol–water partition coefficient (Wildman–Crippen LogP) is 2.35. The zero-order valence-corrected chi connectivity index (χ0v) is 22.2. The van der Waals surface area contributed by atoms with Gasteiger partial charge in [-0.15, -0.1) is 0 Å². The summed E-state index contributed by atoms with van der Waals surface area (Å²) in [5, 5.41) is 2.74. The van der Waals surface area contributed by atoms with Gasteiger partial charge in [0.2, 0.25) is 11.8 Å². The fourth-order valence-corrected chi connectivity index (χ4v) is 4.91. The highest BCUT2D eigenvalue weighted by Crippen LogP contribution is 2.28. The minimum Gasteiger partial charge on any atom is -0.379 e. The van der Waals surface area contributed by atoms with Crippen LogP contribution in [0.2, 0.25) is 0 Å². The maximum Gasteiger partial charge on any atom is 0.225 e. The van der Waals surface area contributed by atoms with Crippen molar-refractivity contribution >= 4 is 17.6 Å². The molecule has 0 aromatic rings. The normalized spacial score (nSPS) is 21.1. The number of likely N-dealkylation sites (tertiary alicyclic amines) is 1. The number of nitrogens with one attached hydrogen (secondary N) is 1. The van der Waals surface area contributed by atoms with E-state index in [0.29, 0.717) is 18.9 Å². The zero-order chi connectivity index (χ0) is 25.3. The van der Waals surface area contributed by atoms with Crippen LogP contribution in [0.5, 0.6) is 0 Å². The molecule has 0 radical (unpaired) electrons. The number of nitrogens with zero attached hydrogens (tertiary/aromatic N) is 2. The molecule has 1 aliphatic heterocycles. The Labute approximate surface area is 200 Å². The van der Waals surface area contributed by atoms with Crippen LogP contribution in [0.15, 0.2) is 0 Å². The molecule has 0 saturated carbocycles. The van der Waals surface area contributed by atoms with Gasteiger partial charge in [-0.1, -0.05) is 41.0 Å². The standard InChI is InChI=1S/C25H47N3O5/c1-10-17(4)23(27(6)7)21(32-8)14-22(30)28-13-11-12-19(28)24(33-9)18(5)25(31)26-15-20(29)16(2)3/h16-19,21,23-24H,10-15H2,1-9H3,(H,26,31). The van der Waals surface area contributed by atoms with Crippen LogP contribution in [0.3, 0.4) is 0 Å². The van der Waals surface area contributed by atoms with Crippen LogP contribution >= 0.6 is 0 Å². The van der Waals surface area contributed by atoms with Crippen molar-refractivity contribution in [2.45, 2.75) is 84.6 Å². The largest absolute Gasteiger partial charge is 0.379 e. The highest BCUT2D eigenvalue weighted by atomic mass is 16.5. The average Bonchev–Trinajstić information content (AvgIpc) is 3.25. The van der Waals surface area contributed by atoms with Gasteiger partial charge >= 0.3 is 0 Å². The summed E-state index contributed by atoms with van der Waals surface area (Å²) in [6.07, 6.45) is 2.29. The van der Waals surface area contributed by atoms with Gasteiger partial charge < -0.3 is 24.6 Å². The van der Waals surface area contributed by atoms with Crippen LogP contribution < -0.4 is 5.32 Å². The maximum absolute atomic E-state index is 13.4. The molecule has 33 heavy (non-hydrogen) atoms. The number of Topliss-reactive ketones (excluding diaryl/α,β-unsaturated/α-hetero) is 1. The van der Waals surface area contributed by atoms with Crippen LogP contribution in [0.1, 0.15) is 60.3 Å². The first kappa shape index (κ1) is 29.5. The molecular formula is C25H47N3O5. The Balaban J connectivity index is 2.91. The van der Waals surface area contributed by atoms with E-state index >= 15 is 0 Å². The molecular weight excluding hydrogens is 422 g/mol. The van der Waals surface area contributed by atoms with Gasteiger partial charge in [0.05, 0.1) is 37.1 Å². The van der Waals surface area contributed by atoms with E-state index in [1.54, 1.807) is 21.1 Å². The zero-order valence-electron chi connectivity index (χ0n) is 22.2. The molecule has 0 spiro atoms. The van der Waals surface area contributed by atoms with E-state index in [2.05, 4.69) is 24.1 Å². The summed E-state index contributed by atoms with van der Waals surface area (Å²) in [6, 6.07) is -0.0469. The third kappa shape index (κ3) is 8.04. The van der Waals surface area contributed by atoms with Crippen LogP contribution in [0.25, 0.3) is 0 Å². The van der Waals surface area contributed by atoms with Crippen molar-refractivity contribution < 1.29 is 23.9 Å². The van der Waals surface area contributed by atoms with Gasteiger partial charge in [0.15, 0.2) is 5.78 Å². The number of hydrogen-bond acceptors (Lipinski definition) is 6. The van der Waals surface area contributed by atoms with E-state index in [-0.39, 0.29) is 48.2 Å². The maximum atomic E-state index is 13.4. The van der Waals surface area contributed by atoms with Crippen molar-refractivity contribution in [2.24, 2.45) is 17.8 Å². The SMILES string of the molecule is CCC(C)C(C(CC(=O)N1CCCC1C(OC)C(C)C(=O)NCC(=O)C(C)C)OC)N(C)C. The molecule has 1 rings (SSSR count). The summed E-state index contributed by atoms with van der Waals surface area (Å²) < 4.78 is 11.5. The molecule has 8 nitrogen and oxygen atoms in total. The van der Waals surface area contributed by atoms with Gasteiger partial charge in [-0.2, -0.15) is 0 Å². The number of ether oxygens (including phenoxy) is 2. The average molecular weight is 470 g/mol. The van der Waals surface area contributed by atoms with Crippen molar-refractivity contribution in [2.75, 3.05) is 41.4 Å². The summed E-state index contributed by atoms with van der Waals surface area (Å²) in [4.78, 5) is 42.0. The molecule has 1 N–H and O–H groups in total. The molecule has 0 aliphatic carbocycles. The van der Waals surface area contributed by atoms with Crippen LogP contribution in [-0.2, 0) is 23.9 Å². The number of hydrogen-bond donors (Lipinski definition) is 1. The summed E-state index contributed by atoms with van der Waals surface area (Å²) >= 11 is 0. The molecule has 1 aliphatic rings. The quantitative estimate of drug-likeness (QED) is 0.420. The summed E-state index contributed by atoms with van der Waals surface area (Å²) in [7, 11) is 7.30. The summed E-state index contributed by atoms with van der Waals surface area (Å²) in [5.74, 6) is -0.433. The molecule has 6 atom stereocenters. The molecule has 1 fully saturated rings. The van der Waals surface area contributed by atoms with Gasteiger partial charge in [-0.25, -0.2) is 0 Å². The Morgan fingerprint density at radius 3 is 2.21 bits per heavy atom. The van der Waals surface area contributed by atoms with Crippen molar-refractivity contribution in [3.8, 4) is 0 Å². The van der Waals surface area contributed by atoms with E-state index in [1.165, 1.54) is 0 Å². The fraction of sp³-hybridized carbons (Fsp3) is 0.880. The second-order valence-corrected chi connectivity index (χ2v) is 9.94. The minimum absolute atomic E-state index is 0.00968. The lowest BCUT2D eigenvalue weighted by atomic mass is 9.90. The molecule has 1 heterocycles. The van der Waals surface area contributed by atoms with Gasteiger partial charge in [0.25, 0.3) is 0 Å². The fourth-order valence-electron chi connectivity index (χ4n) is 4.91. The second kappa shape index (κ2) is 14.0. The lowest BCUT2D eigenvalue weighted by Gasteiger charge is -2.38. The van der Waals surface area contributed by atoms with E-state index in [9.17, 15) is 14.4 Å². The molecule has 0 bridgehead atoms. The van der Waals surface area contributed by atoms with Crippen molar-refractivity contribution in [3.63, 3.8) is 0 Å². The van der Waals surface area contributed by atoms with Crippen LogP contribution in [0.4, 0.5) is 0 Å². The number of likely N-dealkylation sites (N-methyl/N-ethyl adjacent to an activating group) is 1. The topological polar surface area (TPSA) is 88.2 Å². The molecule has 8 heteroatoms. The Kier molecular flexibility index (Phi) is 12.5.